The van der Waals surface area contributed by atoms with Crippen molar-refractivity contribution in [1.82, 2.24) is 15.5 Å². The van der Waals surface area contributed by atoms with Gasteiger partial charge in [-0.3, -0.25) is 15.0 Å². The van der Waals surface area contributed by atoms with Crippen LogP contribution in [0.25, 0.3) is 0 Å². The Balaban J connectivity index is 1.90. The van der Waals surface area contributed by atoms with Crippen LogP contribution in [-0.4, -0.2) is 49.7 Å². The van der Waals surface area contributed by atoms with Crippen LogP contribution in [0.1, 0.15) is 17.7 Å². The topological polar surface area (TPSA) is 70.7 Å². The van der Waals surface area contributed by atoms with Gasteiger partial charge in [0.2, 0.25) is 5.91 Å². The second-order valence-electron chi connectivity index (χ2n) is 5.01. The molecule has 2 heterocycles. The molecule has 0 spiro atoms. The standard InChI is InChI=1S/C14H21N3O3S/c1-15-14(19)16-13(18)10-17(8-11-4-2-6-20-11)9-12-5-3-7-21-12/h3,5,7,11H,2,4,6,8-10H2,1H3,(H2,15,16,18,19)/t11-/m1/s1. The largest absolute Gasteiger partial charge is 0.377 e. The van der Waals surface area contributed by atoms with Crippen LogP contribution in [0.4, 0.5) is 4.79 Å². The van der Waals surface area contributed by atoms with E-state index >= 15 is 0 Å². The molecule has 1 aliphatic heterocycles. The first kappa shape index (κ1) is 15.9. The minimum atomic E-state index is -0.479. The lowest BCUT2D eigenvalue weighted by atomic mass is 10.2. The summed E-state index contributed by atoms with van der Waals surface area (Å²) in [4.78, 5) is 26.3. The van der Waals surface area contributed by atoms with Crippen molar-refractivity contribution in [2.75, 3.05) is 26.7 Å². The third-order valence-electron chi connectivity index (χ3n) is 3.29. The molecule has 0 saturated carbocycles. The molecular weight excluding hydrogens is 290 g/mol. The summed E-state index contributed by atoms with van der Waals surface area (Å²) in [5.74, 6) is -0.302. The van der Waals surface area contributed by atoms with Gasteiger partial charge in [0.15, 0.2) is 0 Å². The van der Waals surface area contributed by atoms with Crippen LogP contribution in [0, 0.1) is 0 Å². The number of urea groups is 1. The molecule has 0 aromatic carbocycles. The molecule has 1 aromatic rings. The second-order valence-corrected chi connectivity index (χ2v) is 6.04. The molecule has 6 nitrogen and oxygen atoms in total. The number of imide groups is 1. The fourth-order valence-corrected chi connectivity index (χ4v) is 3.06. The molecule has 1 fully saturated rings. The molecule has 3 amide bonds. The van der Waals surface area contributed by atoms with Gasteiger partial charge in [-0.1, -0.05) is 6.07 Å². The van der Waals surface area contributed by atoms with Crippen molar-refractivity contribution >= 4 is 23.3 Å². The van der Waals surface area contributed by atoms with Gasteiger partial charge in [0.25, 0.3) is 0 Å². The minimum absolute atomic E-state index is 0.178. The molecule has 21 heavy (non-hydrogen) atoms. The van der Waals surface area contributed by atoms with E-state index in [1.165, 1.54) is 11.9 Å². The maximum atomic E-state index is 11.9. The lowest BCUT2D eigenvalue weighted by Crippen LogP contribution is -2.44. The van der Waals surface area contributed by atoms with Crippen LogP contribution in [0.3, 0.4) is 0 Å². The van der Waals surface area contributed by atoms with Gasteiger partial charge in [0.1, 0.15) is 0 Å². The minimum Gasteiger partial charge on any atom is -0.377 e. The molecule has 1 saturated heterocycles. The highest BCUT2D eigenvalue weighted by atomic mass is 32.1. The lowest BCUT2D eigenvalue weighted by Gasteiger charge is -2.23. The number of carbonyl (C=O) groups is 2. The zero-order valence-electron chi connectivity index (χ0n) is 12.1. The number of nitrogens with zero attached hydrogens (tertiary/aromatic N) is 1. The van der Waals surface area contributed by atoms with E-state index in [0.717, 1.165) is 19.4 Å². The van der Waals surface area contributed by atoms with Crippen molar-refractivity contribution in [2.45, 2.75) is 25.5 Å². The third-order valence-corrected chi connectivity index (χ3v) is 4.15. The number of amides is 3. The SMILES string of the molecule is CNC(=O)NC(=O)CN(Cc1cccs1)C[C@H]1CCCO1. The van der Waals surface area contributed by atoms with Gasteiger partial charge in [0.05, 0.1) is 12.6 Å². The number of hydrogen-bond acceptors (Lipinski definition) is 5. The summed E-state index contributed by atoms with van der Waals surface area (Å²) in [6.45, 7) is 2.38. The molecule has 0 unspecified atom stereocenters. The first-order chi connectivity index (χ1) is 10.2. The van der Waals surface area contributed by atoms with E-state index in [1.807, 2.05) is 22.4 Å². The van der Waals surface area contributed by atoms with E-state index in [9.17, 15) is 9.59 Å². The molecule has 0 aliphatic carbocycles. The zero-order chi connectivity index (χ0) is 15.1. The predicted molar refractivity (Wildman–Crippen MR) is 81.2 cm³/mol. The molecule has 2 N–H and O–H groups in total. The number of carbonyl (C=O) groups excluding carboxylic acids is 2. The molecule has 1 atom stereocenters. The van der Waals surface area contributed by atoms with E-state index in [0.29, 0.717) is 13.1 Å². The van der Waals surface area contributed by atoms with Gasteiger partial charge >= 0.3 is 6.03 Å². The van der Waals surface area contributed by atoms with Gasteiger partial charge in [0, 0.05) is 31.6 Å². The lowest BCUT2D eigenvalue weighted by molar-refractivity contribution is -0.121. The zero-order valence-corrected chi connectivity index (χ0v) is 12.9. The van der Waals surface area contributed by atoms with Crippen molar-refractivity contribution in [3.63, 3.8) is 0 Å². The predicted octanol–water partition coefficient (Wildman–Crippen LogP) is 1.18. The van der Waals surface area contributed by atoms with Crippen molar-refractivity contribution in [2.24, 2.45) is 0 Å². The highest BCUT2D eigenvalue weighted by molar-refractivity contribution is 7.09. The van der Waals surface area contributed by atoms with Crippen molar-refractivity contribution in [3.8, 4) is 0 Å². The Bertz CT molecular complexity index is 458. The summed E-state index contributed by atoms with van der Waals surface area (Å²) >= 11 is 1.66. The van der Waals surface area contributed by atoms with Crippen LogP contribution in [-0.2, 0) is 16.1 Å². The van der Waals surface area contributed by atoms with E-state index in [-0.39, 0.29) is 18.6 Å². The van der Waals surface area contributed by atoms with E-state index in [4.69, 9.17) is 4.74 Å². The maximum absolute atomic E-state index is 11.9. The molecule has 1 aliphatic rings. The summed E-state index contributed by atoms with van der Waals surface area (Å²) in [6, 6.07) is 3.56. The molecule has 7 heteroatoms. The second kappa shape index (κ2) is 8.11. The van der Waals surface area contributed by atoms with E-state index < -0.39 is 6.03 Å². The number of ether oxygens (including phenoxy) is 1. The first-order valence-corrected chi connectivity index (χ1v) is 7.93. The van der Waals surface area contributed by atoms with E-state index in [2.05, 4.69) is 10.6 Å². The third kappa shape index (κ3) is 5.45. The molecule has 0 bridgehead atoms. The van der Waals surface area contributed by atoms with Crippen LogP contribution in [0.2, 0.25) is 0 Å². The van der Waals surface area contributed by atoms with Crippen molar-refractivity contribution in [3.05, 3.63) is 22.4 Å². The summed E-state index contributed by atoms with van der Waals surface area (Å²) in [5.41, 5.74) is 0. The normalized spacial score (nSPS) is 17.9. The number of thiophene rings is 1. The molecule has 2 rings (SSSR count). The number of rotatable bonds is 6. The monoisotopic (exact) mass is 311 g/mol. The Morgan fingerprint density at radius 3 is 3.00 bits per heavy atom. The average Bonchev–Trinajstić information content (AvgIpc) is 3.11. The smallest absolute Gasteiger partial charge is 0.321 e. The quantitative estimate of drug-likeness (QED) is 0.828. The highest BCUT2D eigenvalue weighted by Crippen LogP contribution is 2.16. The van der Waals surface area contributed by atoms with Crippen molar-refractivity contribution < 1.29 is 14.3 Å². The van der Waals surface area contributed by atoms with Gasteiger partial charge in [-0.15, -0.1) is 11.3 Å². The summed E-state index contributed by atoms with van der Waals surface area (Å²) in [7, 11) is 1.48. The molecule has 0 radical (unpaired) electrons. The first-order valence-electron chi connectivity index (χ1n) is 7.05. The van der Waals surface area contributed by atoms with Crippen molar-refractivity contribution in [1.29, 1.82) is 0 Å². The fraction of sp³-hybridized carbons (Fsp3) is 0.571. The van der Waals surface area contributed by atoms with Gasteiger partial charge < -0.3 is 10.1 Å². The summed E-state index contributed by atoms with van der Waals surface area (Å²) in [6.07, 6.45) is 2.28. The number of nitrogens with one attached hydrogen (secondary N) is 2. The Morgan fingerprint density at radius 2 is 2.38 bits per heavy atom. The Hall–Kier alpha value is -1.44. The van der Waals surface area contributed by atoms with Crippen LogP contribution < -0.4 is 10.6 Å². The fourth-order valence-electron chi connectivity index (χ4n) is 2.32. The van der Waals surface area contributed by atoms with E-state index in [1.54, 1.807) is 11.3 Å². The maximum Gasteiger partial charge on any atom is 0.321 e. The Labute approximate surface area is 128 Å². The molecule has 116 valence electrons. The molecule has 1 aromatic heterocycles. The van der Waals surface area contributed by atoms with Crippen LogP contribution in [0.5, 0.6) is 0 Å². The van der Waals surface area contributed by atoms with Gasteiger partial charge in [-0.05, 0) is 24.3 Å². The average molecular weight is 311 g/mol. The van der Waals surface area contributed by atoms with Crippen LogP contribution >= 0.6 is 11.3 Å². The highest BCUT2D eigenvalue weighted by Gasteiger charge is 2.21. The Morgan fingerprint density at radius 1 is 1.52 bits per heavy atom. The van der Waals surface area contributed by atoms with Gasteiger partial charge in [-0.2, -0.15) is 0 Å². The summed E-state index contributed by atoms with van der Waals surface area (Å²) in [5, 5.41) is 6.69. The Kier molecular flexibility index (Phi) is 6.16. The van der Waals surface area contributed by atoms with Gasteiger partial charge in [-0.25, -0.2) is 4.79 Å². The van der Waals surface area contributed by atoms with Crippen LogP contribution in [0.15, 0.2) is 17.5 Å². The molecular formula is C14H21N3O3S. The number of hydrogen-bond donors (Lipinski definition) is 2. The summed E-state index contributed by atoms with van der Waals surface area (Å²) < 4.78 is 5.64.